The summed E-state index contributed by atoms with van der Waals surface area (Å²) in [4.78, 5) is -0.655. The highest BCUT2D eigenvalue weighted by Crippen LogP contribution is 2.28. The summed E-state index contributed by atoms with van der Waals surface area (Å²) >= 11 is 0. The highest BCUT2D eigenvalue weighted by molar-refractivity contribution is 7.89. The van der Waals surface area contributed by atoms with Gasteiger partial charge in [0.05, 0.1) is 0 Å². The van der Waals surface area contributed by atoms with Gasteiger partial charge in [-0.3, -0.25) is 0 Å². The maximum absolute atomic E-state index is 12.7. The minimum Gasteiger partial charge on any atom is -0.486 e. The molecule has 5 nitrogen and oxygen atoms in total. The van der Waals surface area contributed by atoms with E-state index >= 15 is 0 Å². The summed E-state index contributed by atoms with van der Waals surface area (Å²) in [5.41, 5.74) is 5.31. The van der Waals surface area contributed by atoms with E-state index < -0.39 is 39.6 Å². The Balaban J connectivity index is 3.03. The first-order chi connectivity index (χ1) is 8.54. The Hall–Kier alpha value is -1.55. The Kier molecular flexibility index (Phi) is 4.25. The molecule has 0 atom stereocenters. The Labute approximate surface area is 106 Å². The van der Waals surface area contributed by atoms with Gasteiger partial charge in [0, 0.05) is 5.69 Å². The molecule has 1 aromatic carbocycles. The first-order valence-electron chi connectivity index (χ1n) is 4.75. The molecular weight excluding hydrogens is 292 g/mol. The van der Waals surface area contributed by atoms with E-state index in [-0.39, 0.29) is 5.69 Å². The predicted octanol–water partition coefficient (Wildman–Crippen LogP) is 1.20. The lowest BCUT2D eigenvalue weighted by Gasteiger charge is -2.17. The van der Waals surface area contributed by atoms with Crippen LogP contribution in [0, 0.1) is 0 Å². The summed E-state index contributed by atoms with van der Waals surface area (Å²) in [7, 11) is -4.28. The number of nitrogens with two attached hydrogens (primary N) is 2. The van der Waals surface area contributed by atoms with Crippen molar-refractivity contribution in [2.45, 2.75) is 17.2 Å². The molecule has 0 saturated heterocycles. The van der Waals surface area contributed by atoms with E-state index in [1.54, 1.807) is 0 Å². The maximum atomic E-state index is 12.7. The van der Waals surface area contributed by atoms with Gasteiger partial charge in [0.25, 0.3) is 0 Å². The Morgan fingerprint density at radius 3 is 2.37 bits per heavy atom. The minimum atomic E-state index is -4.41. The molecule has 0 aliphatic rings. The van der Waals surface area contributed by atoms with E-state index in [4.69, 9.17) is 10.9 Å². The fourth-order valence-electron chi connectivity index (χ4n) is 1.10. The second-order valence-electron chi connectivity index (χ2n) is 3.60. The molecule has 0 saturated carbocycles. The second kappa shape index (κ2) is 5.21. The van der Waals surface area contributed by atoms with Gasteiger partial charge in [-0.1, -0.05) is 0 Å². The lowest BCUT2D eigenvalue weighted by molar-refractivity contribution is -0.148. The van der Waals surface area contributed by atoms with Gasteiger partial charge in [-0.15, -0.1) is 0 Å². The van der Waals surface area contributed by atoms with Crippen molar-refractivity contribution in [1.29, 1.82) is 0 Å². The van der Waals surface area contributed by atoms with Gasteiger partial charge in [-0.2, -0.15) is 8.78 Å². The van der Waals surface area contributed by atoms with E-state index in [2.05, 4.69) is 4.74 Å². The van der Waals surface area contributed by atoms with Crippen LogP contribution in [0.15, 0.2) is 23.1 Å². The number of primary sulfonamides is 1. The van der Waals surface area contributed by atoms with Gasteiger partial charge >= 0.3 is 12.3 Å². The van der Waals surface area contributed by atoms with Gasteiger partial charge < -0.3 is 10.5 Å². The van der Waals surface area contributed by atoms with Crippen LogP contribution in [0.25, 0.3) is 0 Å². The van der Waals surface area contributed by atoms with Crippen molar-refractivity contribution in [2.24, 2.45) is 5.14 Å². The van der Waals surface area contributed by atoms with Crippen molar-refractivity contribution in [3.63, 3.8) is 0 Å². The number of benzene rings is 1. The zero-order chi connectivity index (χ0) is 14.8. The van der Waals surface area contributed by atoms with Gasteiger partial charge in [0.2, 0.25) is 10.0 Å². The third-order valence-corrected chi connectivity index (χ3v) is 2.95. The Bertz CT molecular complexity index is 563. The van der Waals surface area contributed by atoms with E-state index in [0.29, 0.717) is 0 Å². The van der Waals surface area contributed by atoms with E-state index in [0.717, 1.165) is 18.2 Å². The first-order valence-corrected chi connectivity index (χ1v) is 6.30. The normalized spacial score (nSPS) is 12.7. The number of rotatable bonds is 5. The molecule has 0 bridgehead atoms. The van der Waals surface area contributed by atoms with Gasteiger partial charge in [-0.05, 0) is 18.2 Å². The third-order valence-electron chi connectivity index (χ3n) is 2.01. The molecule has 0 heterocycles. The molecule has 0 aliphatic carbocycles. The minimum absolute atomic E-state index is 0.00278. The van der Waals surface area contributed by atoms with E-state index in [1.165, 1.54) is 0 Å². The lowest BCUT2D eigenvalue weighted by atomic mass is 10.3. The van der Waals surface area contributed by atoms with Crippen molar-refractivity contribution < 1.29 is 30.7 Å². The zero-order valence-electron chi connectivity index (χ0n) is 9.32. The average Bonchev–Trinajstić information content (AvgIpc) is 2.26. The molecule has 108 valence electrons. The van der Waals surface area contributed by atoms with Crippen molar-refractivity contribution in [3.8, 4) is 5.75 Å². The number of sulfonamides is 1. The van der Waals surface area contributed by atoms with Crippen LogP contribution in [-0.4, -0.2) is 27.4 Å². The summed E-state index contributed by atoms with van der Waals surface area (Å²) in [5, 5.41) is 4.83. The summed E-state index contributed by atoms with van der Waals surface area (Å²) in [6.45, 7) is -1.68. The van der Waals surface area contributed by atoms with E-state index in [9.17, 15) is 26.0 Å². The molecule has 0 fully saturated rings. The third kappa shape index (κ3) is 3.96. The molecule has 1 aromatic rings. The number of halogens is 4. The molecule has 0 radical (unpaired) electrons. The smallest absolute Gasteiger partial charge is 0.340 e. The van der Waals surface area contributed by atoms with Crippen molar-refractivity contribution in [2.75, 3.05) is 12.3 Å². The molecule has 0 aromatic heterocycles. The van der Waals surface area contributed by atoms with Gasteiger partial charge in [-0.25, -0.2) is 22.3 Å². The monoisotopic (exact) mass is 302 g/mol. The summed E-state index contributed by atoms with van der Waals surface area (Å²) in [6.07, 6.45) is -3.93. The van der Waals surface area contributed by atoms with E-state index in [1.807, 2.05) is 0 Å². The SMILES string of the molecule is Nc1ccc(OCC(F)(F)C(F)F)c(S(N)(=O)=O)c1. The van der Waals surface area contributed by atoms with Crippen LogP contribution in [0.2, 0.25) is 0 Å². The first kappa shape index (κ1) is 15.5. The maximum Gasteiger partial charge on any atom is 0.340 e. The topological polar surface area (TPSA) is 95.4 Å². The fourth-order valence-corrected chi connectivity index (χ4v) is 1.81. The van der Waals surface area contributed by atoms with Crippen molar-refractivity contribution in [1.82, 2.24) is 0 Å². The van der Waals surface area contributed by atoms with Crippen molar-refractivity contribution in [3.05, 3.63) is 18.2 Å². The summed E-state index contributed by atoms with van der Waals surface area (Å²) in [5.74, 6) is -4.98. The fraction of sp³-hybridized carbons (Fsp3) is 0.333. The molecule has 10 heteroatoms. The number of anilines is 1. The van der Waals surface area contributed by atoms with Crippen LogP contribution >= 0.6 is 0 Å². The highest BCUT2D eigenvalue weighted by atomic mass is 32.2. The molecule has 4 N–H and O–H groups in total. The zero-order valence-corrected chi connectivity index (χ0v) is 10.1. The molecule has 0 aliphatic heterocycles. The average molecular weight is 302 g/mol. The number of hydrogen-bond donors (Lipinski definition) is 2. The largest absolute Gasteiger partial charge is 0.486 e. The van der Waals surface area contributed by atoms with Crippen molar-refractivity contribution >= 4 is 15.7 Å². The van der Waals surface area contributed by atoms with Gasteiger partial charge in [0.15, 0.2) is 6.61 Å². The van der Waals surface area contributed by atoms with Crippen LogP contribution in [0.4, 0.5) is 23.2 Å². The molecule has 19 heavy (non-hydrogen) atoms. The molecular formula is C9H10F4N2O3S. The number of nitrogen functional groups attached to an aromatic ring is 1. The number of hydrogen-bond acceptors (Lipinski definition) is 4. The van der Waals surface area contributed by atoms with Crippen LogP contribution in [0.3, 0.4) is 0 Å². The number of ether oxygens (including phenoxy) is 1. The second-order valence-corrected chi connectivity index (χ2v) is 5.13. The molecule has 0 spiro atoms. The Morgan fingerprint density at radius 2 is 1.89 bits per heavy atom. The summed E-state index contributed by atoms with van der Waals surface area (Å²) < 4.78 is 75.9. The Morgan fingerprint density at radius 1 is 1.32 bits per heavy atom. The number of alkyl halides is 4. The molecule has 0 amide bonds. The molecule has 0 unspecified atom stereocenters. The summed E-state index contributed by atoms with van der Waals surface area (Å²) in [6, 6.07) is 2.99. The van der Waals surface area contributed by atoms with Crippen LogP contribution in [0.1, 0.15) is 0 Å². The molecule has 1 rings (SSSR count). The van der Waals surface area contributed by atoms with Crippen LogP contribution in [0.5, 0.6) is 5.75 Å². The van der Waals surface area contributed by atoms with Crippen LogP contribution in [-0.2, 0) is 10.0 Å². The lowest BCUT2D eigenvalue weighted by Crippen LogP contribution is -2.34. The highest BCUT2D eigenvalue weighted by Gasteiger charge is 2.42. The van der Waals surface area contributed by atoms with Crippen LogP contribution < -0.4 is 15.6 Å². The predicted molar refractivity (Wildman–Crippen MR) is 58.7 cm³/mol. The standard InChI is InChI=1S/C9H10F4N2O3S/c10-8(11)9(12,13)4-18-6-2-1-5(14)3-7(6)19(15,16)17/h1-3,8H,4,14H2,(H2,15,16,17). The quantitative estimate of drug-likeness (QED) is 0.631. The van der Waals surface area contributed by atoms with Gasteiger partial charge in [0.1, 0.15) is 10.6 Å².